The van der Waals surface area contributed by atoms with Crippen LogP contribution in [0.1, 0.15) is 37.3 Å². The van der Waals surface area contributed by atoms with E-state index in [1.807, 2.05) is 35.1 Å². The van der Waals surface area contributed by atoms with Gasteiger partial charge >= 0.3 is 0 Å². The van der Waals surface area contributed by atoms with Gasteiger partial charge in [-0.05, 0) is 42.2 Å². The number of carbonyl (C=O) groups excluding carboxylic acids is 1. The Bertz CT molecular complexity index is 847. The topological polar surface area (TPSA) is 46.9 Å². The summed E-state index contributed by atoms with van der Waals surface area (Å²) >= 11 is 0. The van der Waals surface area contributed by atoms with Crippen LogP contribution in [0.5, 0.6) is 0 Å². The number of hydrogen-bond acceptors (Lipinski definition) is 2. The average Bonchev–Trinajstić information content (AvgIpc) is 2.98. The van der Waals surface area contributed by atoms with Crippen LogP contribution in [-0.2, 0) is 11.3 Å². The maximum absolute atomic E-state index is 12.2. The Balaban J connectivity index is 1.61. The lowest BCUT2D eigenvalue weighted by Crippen LogP contribution is -2.15. The highest BCUT2D eigenvalue weighted by Crippen LogP contribution is 2.19. The van der Waals surface area contributed by atoms with E-state index < -0.39 is 0 Å². The van der Waals surface area contributed by atoms with E-state index >= 15 is 0 Å². The fourth-order valence-corrected chi connectivity index (χ4v) is 2.81. The van der Waals surface area contributed by atoms with Crippen molar-refractivity contribution in [3.63, 3.8) is 0 Å². The zero-order valence-electron chi connectivity index (χ0n) is 14.4. The van der Waals surface area contributed by atoms with Crippen molar-refractivity contribution in [3.8, 4) is 0 Å². The van der Waals surface area contributed by atoms with Crippen molar-refractivity contribution in [1.82, 2.24) is 9.78 Å². The second-order valence-electron chi connectivity index (χ2n) is 6.45. The van der Waals surface area contributed by atoms with Gasteiger partial charge in [0.1, 0.15) is 0 Å². The van der Waals surface area contributed by atoms with Crippen molar-refractivity contribution in [2.24, 2.45) is 0 Å². The van der Waals surface area contributed by atoms with Crippen LogP contribution in [0.2, 0.25) is 0 Å². The molecule has 0 aliphatic carbocycles. The molecule has 24 heavy (non-hydrogen) atoms. The number of nitrogens with one attached hydrogen (secondary N) is 1. The quantitative estimate of drug-likeness (QED) is 0.752. The van der Waals surface area contributed by atoms with E-state index in [1.165, 1.54) is 11.1 Å². The summed E-state index contributed by atoms with van der Waals surface area (Å²) in [4.78, 5) is 12.2. The number of rotatable bonds is 5. The molecular weight excluding hydrogens is 298 g/mol. The number of fused-ring (bicyclic) bond motifs is 1. The summed E-state index contributed by atoms with van der Waals surface area (Å²) in [6.07, 6.45) is 2.27. The first-order valence-corrected chi connectivity index (χ1v) is 8.35. The van der Waals surface area contributed by atoms with Crippen LogP contribution < -0.4 is 5.32 Å². The summed E-state index contributed by atoms with van der Waals surface area (Å²) in [5, 5.41) is 8.49. The third-order valence-corrected chi connectivity index (χ3v) is 4.32. The Morgan fingerprint density at radius 2 is 1.92 bits per heavy atom. The van der Waals surface area contributed by atoms with Crippen LogP contribution >= 0.6 is 0 Å². The normalized spacial score (nSPS) is 11.2. The molecule has 0 unspecified atom stereocenters. The van der Waals surface area contributed by atoms with Gasteiger partial charge in [0.15, 0.2) is 0 Å². The molecule has 2 aromatic carbocycles. The number of aryl methyl sites for hydroxylation is 2. The maximum atomic E-state index is 12.2. The van der Waals surface area contributed by atoms with Crippen LogP contribution in [0.25, 0.3) is 10.9 Å². The molecule has 0 spiro atoms. The molecule has 0 radical (unpaired) electrons. The number of amides is 1. The Kier molecular flexibility index (Phi) is 4.65. The molecule has 3 aromatic rings. The first-order valence-electron chi connectivity index (χ1n) is 8.35. The molecule has 4 heteroatoms. The van der Waals surface area contributed by atoms with Gasteiger partial charge < -0.3 is 5.32 Å². The number of nitrogens with zero attached hydrogens (tertiary/aromatic N) is 2. The smallest absolute Gasteiger partial charge is 0.226 e. The monoisotopic (exact) mass is 321 g/mol. The van der Waals surface area contributed by atoms with Crippen LogP contribution in [-0.4, -0.2) is 15.7 Å². The fourth-order valence-electron chi connectivity index (χ4n) is 2.81. The molecule has 0 saturated heterocycles. The van der Waals surface area contributed by atoms with E-state index in [4.69, 9.17) is 0 Å². The molecule has 1 amide bonds. The van der Waals surface area contributed by atoms with Crippen LogP contribution in [0.4, 0.5) is 5.69 Å². The standard InChI is InChI=1S/C20H23N3O/c1-14(2)16-7-9-17(10-8-16)22-20(24)11-12-23-19-6-4-5-15(3)18(19)13-21-23/h4-10,13-14H,11-12H2,1-3H3,(H,22,24). The summed E-state index contributed by atoms with van der Waals surface area (Å²) in [6, 6.07) is 14.2. The molecule has 0 atom stereocenters. The van der Waals surface area contributed by atoms with Gasteiger partial charge in [-0.2, -0.15) is 5.10 Å². The SMILES string of the molecule is Cc1cccc2c1cnn2CCC(=O)Nc1ccc(C(C)C)cc1. The highest BCUT2D eigenvalue weighted by Gasteiger charge is 2.08. The first kappa shape index (κ1) is 16.2. The minimum Gasteiger partial charge on any atom is -0.326 e. The zero-order chi connectivity index (χ0) is 17.1. The van der Waals surface area contributed by atoms with Crippen LogP contribution in [0, 0.1) is 6.92 Å². The second-order valence-corrected chi connectivity index (χ2v) is 6.45. The van der Waals surface area contributed by atoms with E-state index in [-0.39, 0.29) is 5.91 Å². The number of hydrogen-bond donors (Lipinski definition) is 1. The lowest BCUT2D eigenvalue weighted by Gasteiger charge is -2.09. The van der Waals surface area contributed by atoms with Crippen molar-refractivity contribution < 1.29 is 4.79 Å². The van der Waals surface area contributed by atoms with E-state index in [1.54, 1.807) is 0 Å². The van der Waals surface area contributed by atoms with Crippen molar-refractivity contribution in [2.45, 2.75) is 39.7 Å². The third-order valence-electron chi connectivity index (χ3n) is 4.32. The summed E-state index contributed by atoms with van der Waals surface area (Å²) in [5.41, 5.74) is 4.38. The van der Waals surface area contributed by atoms with E-state index in [0.717, 1.165) is 16.6 Å². The van der Waals surface area contributed by atoms with Crippen molar-refractivity contribution >= 4 is 22.5 Å². The van der Waals surface area contributed by atoms with E-state index in [2.05, 4.69) is 49.4 Å². The van der Waals surface area contributed by atoms with Crippen molar-refractivity contribution in [1.29, 1.82) is 0 Å². The molecular formula is C20H23N3O. The lowest BCUT2D eigenvalue weighted by molar-refractivity contribution is -0.116. The number of aromatic nitrogens is 2. The number of carbonyl (C=O) groups is 1. The minimum absolute atomic E-state index is 0.00333. The van der Waals surface area contributed by atoms with Crippen molar-refractivity contribution in [2.75, 3.05) is 5.32 Å². The van der Waals surface area contributed by atoms with E-state index in [9.17, 15) is 4.79 Å². The number of benzene rings is 2. The molecule has 0 aliphatic rings. The van der Waals surface area contributed by atoms with Gasteiger partial charge in [-0.1, -0.05) is 38.1 Å². The molecule has 0 aliphatic heterocycles. The van der Waals surface area contributed by atoms with Crippen LogP contribution in [0.15, 0.2) is 48.7 Å². The summed E-state index contributed by atoms with van der Waals surface area (Å²) in [6.45, 7) is 6.96. The van der Waals surface area contributed by atoms with Gasteiger partial charge in [-0.3, -0.25) is 9.48 Å². The summed E-state index contributed by atoms with van der Waals surface area (Å²) in [5.74, 6) is 0.495. The molecule has 0 fully saturated rings. The van der Waals surface area contributed by atoms with Gasteiger partial charge in [-0.25, -0.2) is 0 Å². The highest BCUT2D eigenvalue weighted by molar-refractivity contribution is 5.90. The summed E-state index contributed by atoms with van der Waals surface area (Å²) < 4.78 is 1.89. The predicted octanol–water partition coefficient (Wildman–Crippen LogP) is 4.50. The Hall–Kier alpha value is -2.62. The van der Waals surface area contributed by atoms with Gasteiger partial charge in [0.2, 0.25) is 5.91 Å². The summed E-state index contributed by atoms with van der Waals surface area (Å²) in [7, 11) is 0. The molecule has 3 rings (SSSR count). The zero-order valence-corrected chi connectivity index (χ0v) is 14.4. The Morgan fingerprint density at radius 3 is 2.62 bits per heavy atom. The largest absolute Gasteiger partial charge is 0.326 e. The average molecular weight is 321 g/mol. The molecule has 1 heterocycles. The Labute approximate surface area is 142 Å². The van der Waals surface area contributed by atoms with Gasteiger partial charge in [0.25, 0.3) is 0 Å². The van der Waals surface area contributed by atoms with Gasteiger partial charge in [0, 0.05) is 17.5 Å². The third kappa shape index (κ3) is 3.48. The molecule has 0 bridgehead atoms. The van der Waals surface area contributed by atoms with E-state index in [0.29, 0.717) is 18.9 Å². The molecule has 1 aromatic heterocycles. The first-order chi connectivity index (χ1) is 11.5. The van der Waals surface area contributed by atoms with Crippen LogP contribution in [0.3, 0.4) is 0 Å². The van der Waals surface area contributed by atoms with Gasteiger partial charge in [0.05, 0.1) is 18.3 Å². The minimum atomic E-state index is 0.00333. The molecule has 4 nitrogen and oxygen atoms in total. The molecule has 124 valence electrons. The molecule has 0 saturated carbocycles. The van der Waals surface area contributed by atoms with Gasteiger partial charge in [-0.15, -0.1) is 0 Å². The molecule has 1 N–H and O–H groups in total. The highest BCUT2D eigenvalue weighted by atomic mass is 16.1. The Morgan fingerprint density at radius 1 is 1.17 bits per heavy atom. The fraction of sp³-hybridized carbons (Fsp3) is 0.300. The second kappa shape index (κ2) is 6.87. The maximum Gasteiger partial charge on any atom is 0.226 e. The van der Waals surface area contributed by atoms with Crippen molar-refractivity contribution in [3.05, 3.63) is 59.8 Å². The number of anilines is 1. The predicted molar refractivity (Wildman–Crippen MR) is 98.2 cm³/mol. The lowest BCUT2D eigenvalue weighted by atomic mass is 10.0.